The molecule has 0 aromatic heterocycles. The first kappa shape index (κ1) is 42.3. The molecule has 0 radical (unpaired) electrons. The van der Waals surface area contributed by atoms with Crippen LogP contribution in [0.15, 0.2) is 127 Å². The second-order valence-electron chi connectivity index (χ2n) is 7.88. The van der Waals surface area contributed by atoms with Crippen LogP contribution < -0.4 is 0 Å². The molecule has 0 aliphatic heterocycles. The summed E-state index contributed by atoms with van der Waals surface area (Å²) in [6, 6.07) is 54.9. The van der Waals surface area contributed by atoms with Gasteiger partial charge in [-0.15, -0.1) is 0 Å². The van der Waals surface area contributed by atoms with Crippen LogP contribution in [0.1, 0.15) is 114 Å². The summed E-state index contributed by atoms with van der Waals surface area (Å²) in [5, 5.41) is 0. The minimum Gasteiger partial charge on any atom is -0.180 e. The van der Waals surface area contributed by atoms with Crippen molar-refractivity contribution in [2.45, 2.75) is 81.1 Å². The monoisotopic (exact) mass is 646 g/mol. The summed E-state index contributed by atoms with van der Waals surface area (Å²) in [5.41, 5.74) is 7.07. The van der Waals surface area contributed by atoms with E-state index in [1.807, 2.05) is 93.5 Å². The van der Waals surface area contributed by atoms with Gasteiger partial charge in [0.15, 0.2) is 0 Å². The molecule has 2 atom stereocenters. The van der Waals surface area contributed by atoms with Crippen molar-refractivity contribution in [3.8, 4) is 0 Å². The molecule has 2 unspecified atom stereocenters. The van der Waals surface area contributed by atoms with Crippen molar-refractivity contribution in [2.75, 3.05) is 0 Å². The van der Waals surface area contributed by atoms with E-state index in [1.165, 1.54) is 11.1 Å². The number of hydrogen-bond acceptors (Lipinski definition) is 0. The van der Waals surface area contributed by atoms with Crippen LogP contribution in [-0.2, 0) is 32.7 Å². The van der Waals surface area contributed by atoms with E-state index in [-0.39, 0.29) is 44.5 Å². The van der Waals surface area contributed by atoms with Gasteiger partial charge in [0.2, 0.25) is 0 Å². The molecule has 0 bridgehead atoms. The molecule has 0 aliphatic carbocycles. The Morgan fingerprint density at radius 1 is 0.349 bits per heavy atom. The molecule has 0 fully saturated rings. The summed E-state index contributed by atoms with van der Waals surface area (Å²) in [5.74, 6) is 0.155. The van der Waals surface area contributed by atoms with E-state index in [0.29, 0.717) is 0 Å². The quantitative estimate of drug-likeness (QED) is 0.127. The van der Waals surface area contributed by atoms with Crippen LogP contribution in [0.2, 0.25) is 0 Å². The third-order valence-electron chi connectivity index (χ3n) is 5.82. The van der Waals surface area contributed by atoms with E-state index in [2.05, 4.69) is 121 Å². The van der Waals surface area contributed by atoms with Crippen LogP contribution in [0.3, 0.4) is 0 Å². The maximum Gasteiger partial charge on any atom is 3.00 e. The van der Waals surface area contributed by atoms with Crippen molar-refractivity contribution in [2.24, 2.45) is 0 Å². The Kier molecular flexibility index (Phi) is 27.6. The summed E-state index contributed by atoms with van der Waals surface area (Å²) < 4.78 is 0. The van der Waals surface area contributed by atoms with Gasteiger partial charge in [0, 0.05) is 0 Å². The second-order valence-corrected chi connectivity index (χ2v) is 7.88. The van der Waals surface area contributed by atoms with Crippen molar-refractivity contribution in [3.05, 3.63) is 179 Å². The molecule has 0 nitrogen and oxygen atoms in total. The Morgan fingerprint density at radius 2 is 0.651 bits per heavy atom. The summed E-state index contributed by atoms with van der Waals surface area (Å²) in [7, 11) is 0. The molecule has 0 saturated carbocycles. The maximum absolute atomic E-state index is 3.80. The Labute approximate surface area is 290 Å². The molecular formula is C42H53Y. The number of hydrogen-bond donors (Lipinski definition) is 0. The van der Waals surface area contributed by atoms with Gasteiger partial charge < -0.3 is 0 Å². The normalized spacial score (nSPS) is 10.2. The van der Waals surface area contributed by atoms with Gasteiger partial charge in [-0.05, 0) is 23.0 Å². The van der Waals surface area contributed by atoms with Gasteiger partial charge in [-0.3, -0.25) is 0 Å². The molecule has 5 aromatic carbocycles. The minimum absolute atomic E-state index is 0. The Hall–Kier alpha value is -2.80. The van der Waals surface area contributed by atoms with Crippen LogP contribution in [0, 0.1) is 18.2 Å². The first-order valence-electron chi connectivity index (χ1n) is 16.0. The SMILES string of the molecule is CC.CC.CC.CC.CC.[Y+3].[c-]1ccccc1C(c1[c-]c(C(c2[c-]cccc2)c2ccccc2)ccc1)c1ccccc1. The molecule has 0 aliphatic rings. The van der Waals surface area contributed by atoms with Crippen molar-refractivity contribution >= 4 is 0 Å². The van der Waals surface area contributed by atoms with Crippen LogP contribution in [0.4, 0.5) is 0 Å². The average Bonchev–Trinajstić information content (AvgIpc) is 3.12. The third kappa shape index (κ3) is 13.6. The molecule has 0 spiro atoms. The Morgan fingerprint density at radius 3 is 0.953 bits per heavy atom. The summed E-state index contributed by atoms with van der Waals surface area (Å²) in [6.07, 6.45) is 0. The minimum atomic E-state index is 0. The van der Waals surface area contributed by atoms with Crippen LogP contribution >= 0.6 is 0 Å². The molecule has 5 rings (SSSR count). The van der Waals surface area contributed by atoms with E-state index in [0.717, 1.165) is 22.3 Å². The van der Waals surface area contributed by atoms with E-state index >= 15 is 0 Å². The topological polar surface area (TPSA) is 0 Å². The van der Waals surface area contributed by atoms with Gasteiger partial charge in [-0.2, -0.15) is 107 Å². The smallest absolute Gasteiger partial charge is 0.180 e. The Bertz CT molecular complexity index is 1070. The fraction of sp³-hybridized carbons (Fsp3) is 0.286. The third-order valence-corrected chi connectivity index (χ3v) is 5.82. The summed E-state index contributed by atoms with van der Waals surface area (Å²) in [6.45, 7) is 20.0. The zero-order chi connectivity index (χ0) is 31.6. The molecule has 0 N–H and O–H groups in total. The van der Waals surface area contributed by atoms with Crippen LogP contribution in [-0.4, -0.2) is 0 Å². The van der Waals surface area contributed by atoms with Crippen molar-refractivity contribution in [3.63, 3.8) is 0 Å². The van der Waals surface area contributed by atoms with E-state index in [4.69, 9.17) is 0 Å². The van der Waals surface area contributed by atoms with Crippen molar-refractivity contribution in [1.29, 1.82) is 0 Å². The number of rotatable bonds is 6. The zero-order valence-corrected chi connectivity index (χ0v) is 31.2. The molecular weight excluding hydrogens is 593 g/mol. The standard InChI is InChI=1S/C32H23.5C2H6.Y/c1-5-14-25(15-6-1)31(26-16-7-2-8-17-26)29-22-13-23-30(24-29)32(27-18-9-3-10-19-27)28-20-11-4-12-21-28;5*1-2;/h1-16,18-20,22-23,31-32H;5*1-2H3;/q-3;;;;;;+3. The molecule has 0 saturated heterocycles. The van der Waals surface area contributed by atoms with Gasteiger partial charge in [-0.25, -0.2) is 0 Å². The van der Waals surface area contributed by atoms with E-state index < -0.39 is 0 Å². The van der Waals surface area contributed by atoms with Crippen molar-refractivity contribution < 1.29 is 32.7 Å². The van der Waals surface area contributed by atoms with Crippen LogP contribution in [0.5, 0.6) is 0 Å². The van der Waals surface area contributed by atoms with Gasteiger partial charge in [0.05, 0.1) is 0 Å². The average molecular weight is 647 g/mol. The van der Waals surface area contributed by atoms with Gasteiger partial charge in [0.1, 0.15) is 0 Å². The first-order valence-corrected chi connectivity index (χ1v) is 16.0. The fourth-order valence-corrected chi connectivity index (χ4v) is 4.36. The predicted molar refractivity (Wildman–Crippen MR) is 187 cm³/mol. The van der Waals surface area contributed by atoms with E-state index in [1.54, 1.807) is 0 Å². The van der Waals surface area contributed by atoms with Gasteiger partial charge >= 0.3 is 32.7 Å². The first-order chi connectivity index (χ1) is 20.9. The summed E-state index contributed by atoms with van der Waals surface area (Å²) in [4.78, 5) is 0. The predicted octanol–water partition coefficient (Wildman–Crippen LogP) is 12.6. The summed E-state index contributed by atoms with van der Waals surface area (Å²) >= 11 is 0. The largest absolute Gasteiger partial charge is 3.00 e. The molecule has 43 heavy (non-hydrogen) atoms. The van der Waals surface area contributed by atoms with Gasteiger partial charge in [0.25, 0.3) is 0 Å². The molecule has 0 heterocycles. The number of benzene rings is 5. The Balaban J connectivity index is 0. The fourth-order valence-electron chi connectivity index (χ4n) is 4.36. The van der Waals surface area contributed by atoms with Crippen molar-refractivity contribution in [1.82, 2.24) is 0 Å². The second kappa shape index (κ2) is 28.0. The molecule has 224 valence electrons. The molecule has 5 aromatic rings. The maximum atomic E-state index is 3.80. The zero-order valence-electron chi connectivity index (χ0n) is 28.4. The molecule has 1 heteroatoms. The van der Waals surface area contributed by atoms with E-state index in [9.17, 15) is 0 Å². The van der Waals surface area contributed by atoms with Gasteiger partial charge in [-0.1, -0.05) is 130 Å². The molecule has 0 amide bonds. The van der Waals surface area contributed by atoms with Crippen LogP contribution in [0.25, 0.3) is 0 Å².